The zero-order chi connectivity index (χ0) is 7.98. The van der Waals surface area contributed by atoms with Gasteiger partial charge in [0, 0.05) is 11.8 Å². The van der Waals surface area contributed by atoms with Gasteiger partial charge in [0.1, 0.15) is 6.61 Å². The third-order valence-electron chi connectivity index (χ3n) is 0.670. The van der Waals surface area contributed by atoms with Gasteiger partial charge in [0.2, 0.25) is 0 Å². The molecule has 0 aliphatic heterocycles. The molecule has 0 radical (unpaired) electrons. The highest BCUT2D eigenvalue weighted by Gasteiger charge is 2.04. The minimum Gasteiger partial charge on any atom is -0.456 e. The molecule has 10 heavy (non-hydrogen) atoms. The van der Waals surface area contributed by atoms with Gasteiger partial charge in [-0.1, -0.05) is 13.8 Å². The molecule has 0 aliphatic rings. The Hall–Kier alpha value is -0.220. The fourth-order valence-corrected chi connectivity index (χ4v) is 0.905. The number of thioether (sulfide) groups is 1. The van der Waals surface area contributed by atoms with E-state index in [0.29, 0.717) is 13.2 Å². The summed E-state index contributed by atoms with van der Waals surface area (Å²) in [7, 11) is 0. The van der Waals surface area contributed by atoms with Crippen molar-refractivity contribution in [2.45, 2.75) is 19.1 Å². The predicted octanol–water partition coefficient (Wildman–Crippen LogP) is 1.22. The molecule has 0 aromatic heterocycles. The van der Waals surface area contributed by atoms with E-state index < -0.39 is 0 Å². The molecule has 0 amide bonds. The van der Waals surface area contributed by atoms with Gasteiger partial charge in [-0.15, -0.1) is 0 Å². The van der Waals surface area contributed by atoms with Gasteiger partial charge < -0.3 is 10.5 Å². The van der Waals surface area contributed by atoms with E-state index in [-0.39, 0.29) is 10.6 Å². The topological polar surface area (TPSA) is 52.3 Å². The Morgan fingerprint density at radius 3 is 2.70 bits per heavy atom. The first-order chi connectivity index (χ1) is 4.66. The summed E-state index contributed by atoms with van der Waals surface area (Å²) in [5.41, 5.74) is 5.12. The quantitative estimate of drug-likeness (QED) is 0.636. The van der Waals surface area contributed by atoms with Crippen molar-refractivity contribution < 1.29 is 9.53 Å². The number of carbonyl (C=O) groups excluding carboxylic acids is 1. The second-order valence-corrected chi connectivity index (χ2v) is 3.57. The lowest BCUT2D eigenvalue weighted by atomic mass is 10.6. The molecule has 0 aromatic carbocycles. The summed E-state index contributed by atoms with van der Waals surface area (Å²) in [5, 5.41) is 0.0470. The van der Waals surface area contributed by atoms with E-state index >= 15 is 0 Å². The van der Waals surface area contributed by atoms with Crippen LogP contribution in [0.3, 0.4) is 0 Å². The molecular formula is C6H13NO2S. The Morgan fingerprint density at radius 1 is 1.70 bits per heavy atom. The fourth-order valence-electron chi connectivity index (χ4n) is 0.369. The summed E-state index contributed by atoms with van der Waals surface area (Å²) in [6, 6.07) is 0. The molecule has 0 aliphatic carbocycles. The Bertz CT molecular complexity index is 106. The molecule has 3 nitrogen and oxygen atoms in total. The van der Waals surface area contributed by atoms with Gasteiger partial charge in [-0.05, 0) is 11.8 Å². The molecule has 0 spiro atoms. The summed E-state index contributed by atoms with van der Waals surface area (Å²) in [6.45, 7) is 4.59. The number of hydrogen-bond acceptors (Lipinski definition) is 4. The van der Waals surface area contributed by atoms with Crippen molar-refractivity contribution in [1.29, 1.82) is 0 Å². The smallest absolute Gasteiger partial charge is 0.367 e. The summed E-state index contributed by atoms with van der Waals surface area (Å²) in [5.74, 6) is 0. The molecule has 0 bridgehead atoms. The monoisotopic (exact) mass is 163 g/mol. The van der Waals surface area contributed by atoms with Gasteiger partial charge in [0.15, 0.2) is 0 Å². The SMILES string of the molecule is CC(C)SC(=O)OCCN. The van der Waals surface area contributed by atoms with Gasteiger partial charge >= 0.3 is 5.30 Å². The summed E-state index contributed by atoms with van der Waals surface area (Å²) in [6.07, 6.45) is 0. The number of ether oxygens (including phenoxy) is 1. The lowest BCUT2D eigenvalue weighted by Crippen LogP contribution is -2.11. The van der Waals surface area contributed by atoms with E-state index in [1.54, 1.807) is 0 Å². The van der Waals surface area contributed by atoms with Crippen molar-refractivity contribution in [2.75, 3.05) is 13.2 Å². The lowest BCUT2D eigenvalue weighted by Gasteiger charge is -2.03. The van der Waals surface area contributed by atoms with Crippen LogP contribution in [0.5, 0.6) is 0 Å². The molecule has 0 rings (SSSR count). The first-order valence-corrected chi connectivity index (χ1v) is 4.08. The molecule has 0 unspecified atom stereocenters. The highest BCUT2D eigenvalue weighted by Crippen LogP contribution is 2.11. The van der Waals surface area contributed by atoms with Gasteiger partial charge in [-0.25, -0.2) is 4.79 Å². The second kappa shape index (κ2) is 5.56. The van der Waals surface area contributed by atoms with Crippen LogP contribution in [-0.4, -0.2) is 23.7 Å². The van der Waals surface area contributed by atoms with Gasteiger partial charge in [0.05, 0.1) is 0 Å². The van der Waals surface area contributed by atoms with Crippen LogP contribution < -0.4 is 5.73 Å². The third-order valence-corrected chi connectivity index (χ3v) is 1.45. The Kier molecular flexibility index (Phi) is 5.43. The van der Waals surface area contributed by atoms with E-state index in [9.17, 15) is 4.79 Å². The number of carbonyl (C=O) groups is 1. The largest absolute Gasteiger partial charge is 0.456 e. The van der Waals surface area contributed by atoms with Crippen molar-refractivity contribution in [2.24, 2.45) is 5.73 Å². The molecule has 0 fully saturated rings. The van der Waals surface area contributed by atoms with E-state index in [0.717, 1.165) is 0 Å². The average Bonchev–Trinajstić information content (AvgIpc) is 1.82. The summed E-state index contributed by atoms with van der Waals surface area (Å²) in [4.78, 5) is 10.7. The highest BCUT2D eigenvalue weighted by atomic mass is 32.2. The van der Waals surface area contributed by atoms with Gasteiger partial charge in [0.25, 0.3) is 0 Å². The van der Waals surface area contributed by atoms with E-state index in [2.05, 4.69) is 0 Å². The molecule has 60 valence electrons. The first-order valence-electron chi connectivity index (χ1n) is 3.20. The lowest BCUT2D eigenvalue weighted by molar-refractivity contribution is 0.178. The number of hydrogen-bond donors (Lipinski definition) is 1. The van der Waals surface area contributed by atoms with Crippen LogP contribution in [0.15, 0.2) is 0 Å². The van der Waals surface area contributed by atoms with Crippen LogP contribution in [-0.2, 0) is 4.74 Å². The molecule has 0 saturated heterocycles. The summed E-state index contributed by atoms with van der Waals surface area (Å²) < 4.78 is 4.70. The van der Waals surface area contributed by atoms with Crippen molar-refractivity contribution >= 4 is 17.1 Å². The first kappa shape index (κ1) is 9.78. The predicted molar refractivity (Wildman–Crippen MR) is 43.1 cm³/mol. The number of rotatable bonds is 3. The average molecular weight is 163 g/mol. The zero-order valence-electron chi connectivity index (χ0n) is 6.29. The van der Waals surface area contributed by atoms with Crippen molar-refractivity contribution in [3.63, 3.8) is 0 Å². The highest BCUT2D eigenvalue weighted by molar-refractivity contribution is 8.13. The van der Waals surface area contributed by atoms with Crippen LogP contribution >= 0.6 is 11.8 Å². The van der Waals surface area contributed by atoms with E-state index in [1.165, 1.54) is 11.8 Å². The maximum Gasteiger partial charge on any atom is 0.367 e. The molecule has 0 atom stereocenters. The van der Waals surface area contributed by atoms with Crippen LogP contribution in [0.25, 0.3) is 0 Å². The van der Waals surface area contributed by atoms with Crippen LogP contribution in [0, 0.1) is 0 Å². The molecular weight excluding hydrogens is 150 g/mol. The van der Waals surface area contributed by atoms with E-state index in [1.807, 2.05) is 13.8 Å². The molecule has 0 heterocycles. The minimum absolute atomic E-state index is 0.236. The van der Waals surface area contributed by atoms with Crippen LogP contribution in [0.4, 0.5) is 4.79 Å². The maximum absolute atomic E-state index is 10.7. The normalized spacial score (nSPS) is 10.0. The van der Waals surface area contributed by atoms with E-state index in [4.69, 9.17) is 10.5 Å². The van der Waals surface area contributed by atoms with Crippen LogP contribution in [0.1, 0.15) is 13.8 Å². The van der Waals surface area contributed by atoms with Crippen LogP contribution in [0.2, 0.25) is 0 Å². The second-order valence-electron chi connectivity index (χ2n) is 2.05. The van der Waals surface area contributed by atoms with Gasteiger partial charge in [-0.2, -0.15) is 0 Å². The van der Waals surface area contributed by atoms with Crippen molar-refractivity contribution in [3.05, 3.63) is 0 Å². The molecule has 2 N–H and O–H groups in total. The minimum atomic E-state index is -0.236. The Morgan fingerprint density at radius 2 is 2.30 bits per heavy atom. The zero-order valence-corrected chi connectivity index (χ0v) is 7.11. The molecule has 0 aromatic rings. The standard InChI is InChI=1S/C6H13NO2S/c1-5(2)10-6(8)9-4-3-7/h5H,3-4,7H2,1-2H3. The van der Waals surface area contributed by atoms with Crippen molar-refractivity contribution in [3.8, 4) is 0 Å². The molecule has 4 heteroatoms. The number of nitrogens with two attached hydrogens (primary N) is 1. The Labute approximate surface area is 65.3 Å². The van der Waals surface area contributed by atoms with Gasteiger partial charge in [-0.3, -0.25) is 0 Å². The third kappa shape index (κ3) is 5.91. The maximum atomic E-state index is 10.7. The summed E-state index contributed by atoms with van der Waals surface area (Å²) >= 11 is 1.18. The Balaban J connectivity index is 3.26. The fraction of sp³-hybridized carbons (Fsp3) is 0.833. The molecule has 0 saturated carbocycles. The van der Waals surface area contributed by atoms with Crippen molar-refractivity contribution in [1.82, 2.24) is 0 Å².